The van der Waals surface area contributed by atoms with Gasteiger partial charge in [0.2, 0.25) is 12.0 Å². The van der Waals surface area contributed by atoms with Crippen LogP contribution in [0, 0.1) is 23.2 Å². The van der Waals surface area contributed by atoms with E-state index in [0.29, 0.717) is 23.1 Å². The molecule has 13 nitrogen and oxygen atoms in total. The third kappa shape index (κ3) is 5.95. The predicted octanol–water partition coefficient (Wildman–Crippen LogP) is 1.74. The van der Waals surface area contributed by atoms with Crippen molar-refractivity contribution in [2.45, 2.75) is 88.2 Å². The molecule has 0 spiro atoms. The first-order chi connectivity index (χ1) is 24.1. The van der Waals surface area contributed by atoms with Crippen LogP contribution in [0.15, 0.2) is 47.1 Å². The van der Waals surface area contributed by atoms with E-state index in [0.717, 1.165) is 25.8 Å². The van der Waals surface area contributed by atoms with Crippen LogP contribution in [0.25, 0.3) is 11.0 Å². The molecule has 1 aromatic heterocycles. The van der Waals surface area contributed by atoms with Crippen LogP contribution in [0.2, 0.25) is 0 Å². The Bertz CT molecular complexity index is 1560. The number of esters is 1. The van der Waals surface area contributed by atoms with Gasteiger partial charge in [-0.3, -0.25) is 4.79 Å². The van der Waals surface area contributed by atoms with Crippen LogP contribution < -0.4 is 14.8 Å². The number of aliphatic hydroxyl groups excluding tert-OH is 4. The van der Waals surface area contributed by atoms with E-state index in [2.05, 4.69) is 12.2 Å². The zero-order chi connectivity index (χ0) is 35.7. The number of carbonyl (C=O) groups excluding carboxylic acids is 1. The Morgan fingerprint density at radius 2 is 1.84 bits per heavy atom. The summed E-state index contributed by atoms with van der Waals surface area (Å²) in [6.45, 7) is 4.31. The smallest absolute Gasteiger partial charge is 0.306 e. The lowest BCUT2D eigenvalue weighted by atomic mass is 9.42. The molecule has 10 atom stereocenters. The highest BCUT2D eigenvalue weighted by Crippen LogP contribution is 2.64. The number of aliphatic hydroxyl groups is 6. The topological polar surface area (TPSA) is 201 Å². The molecule has 1 saturated heterocycles. The Balaban J connectivity index is 1.41. The van der Waals surface area contributed by atoms with Crippen molar-refractivity contribution in [1.29, 1.82) is 0 Å². The third-order valence-corrected chi connectivity index (χ3v) is 11.2. The molecule has 10 unspecified atom stereocenters. The van der Waals surface area contributed by atoms with Gasteiger partial charge in [-0.25, -0.2) is 0 Å². The third-order valence-electron chi connectivity index (χ3n) is 11.2. The molecule has 1 aromatic carbocycles. The standard InChI is InChI=1S/C37H51NO12/c1-3-5-6-7-15-38-16-18-48-31-29-23(13-17-47-29)19-22(8-11-28(42)46-4-2)30(31)50-34-37(45)32-24-9-10-26(41)35(32,21-40)14-12-25(24)36(44,33(37)43)27(20-39)49-34/h9-10,12-14,17,19,24-27,32-34,38-41,43-45H,3-8,11,15-16,18,20-21H2,1-2H3. The highest BCUT2D eigenvalue weighted by molar-refractivity contribution is 5.87. The van der Waals surface area contributed by atoms with Gasteiger partial charge in [0.25, 0.3) is 0 Å². The number of furan rings is 1. The maximum atomic E-state index is 12.8. The number of allylic oxidation sites excluding steroid dienone is 1. The minimum atomic E-state index is -2.44. The summed E-state index contributed by atoms with van der Waals surface area (Å²) in [6, 6.07) is 3.52. The molecule has 276 valence electrons. The van der Waals surface area contributed by atoms with E-state index in [9.17, 15) is 35.4 Å². The number of carbonyl (C=O) groups is 1. The number of unbranched alkanes of at least 4 members (excludes halogenated alkanes) is 3. The van der Waals surface area contributed by atoms with Crippen molar-refractivity contribution in [2.24, 2.45) is 23.2 Å². The monoisotopic (exact) mass is 701 g/mol. The molecule has 6 bridgehead atoms. The summed E-state index contributed by atoms with van der Waals surface area (Å²) in [5, 5.41) is 73.4. The first kappa shape index (κ1) is 36.8. The van der Waals surface area contributed by atoms with Crippen molar-refractivity contribution in [3.8, 4) is 11.5 Å². The van der Waals surface area contributed by atoms with Gasteiger partial charge in [0.15, 0.2) is 16.9 Å². The van der Waals surface area contributed by atoms with E-state index in [1.807, 2.05) is 0 Å². The van der Waals surface area contributed by atoms with Gasteiger partial charge in [-0.2, -0.15) is 0 Å². The van der Waals surface area contributed by atoms with Gasteiger partial charge in [-0.1, -0.05) is 50.5 Å². The van der Waals surface area contributed by atoms with Crippen LogP contribution in [-0.4, -0.2) is 112 Å². The fourth-order valence-corrected chi connectivity index (χ4v) is 8.69. The normalized spacial score (nSPS) is 35.3. The summed E-state index contributed by atoms with van der Waals surface area (Å²) in [7, 11) is 0. The van der Waals surface area contributed by atoms with Gasteiger partial charge in [-0.05, 0) is 49.9 Å². The fraction of sp³-hybridized carbons (Fsp3) is 0.649. The summed E-state index contributed by atoms with van der Waals surface area (Å²) in [5.41, 5.74) is -5.22. The van der Waals surface area contributed by atoms with Crippen molar-refractivity contribution in [2.75, 3.05) is 39.5 Å². The minimum Gasteiger partial charge on any atom is -0.485 e. The van der Waals surface area contributed by atoms with E-state index in [4.69, 9.17) is 23.4 Å². The number of hydrogen-bond acceptors (Lipinski definition) is 13. The fourth-order valence-electron chi connectivity index (χ4n) is 8.69. The summed E-state index contributed by atoms with van der Waals surface area (Å²) >= 11 is 0. The van der Waals surface area contributed by atoms with Crippen molar-refractivity contribution < 1.29 is 58.8 Å². The average molecular weight is 702 g/mol. The van der Waals surface area contributed by atoms with Crippen LogP contribution in [0.3, 0.4) is 0 Å². The van der Waals surface area contributed by atoms with Crippen LogP contribution in [0.4, 0.5) is 0 Å². The van der Waals surface area contributed by atoms with Gasteiger partial charge in [0.1, 0.15) is 24.4 Å². The Hall–Kier alpha value is -3.01. The maximum Gasteiger partial charge on any atom is 0.306 e. The second kappa shape index (κ2) is 14.9. The molecule has 6 rings (SSSR count). The number of ether oxygens (including phenoxy) is 4. The van der Waals surface area contributed by atoms with E-state index < -0.39 is 78.2 Å². The molecular formula is C37H51NO12. The first-order valence-electron chi connectivity index (χ1n) is 17.9. The lowest BCUT2D eigenvalue weighted by Gasteiger charge is -2.69. The van der Waals surface area contributed by atoms with E-state index in [-0.39, 0.29) is 37.6 Å². The van der Waals surface area contributed by atoms with Gasteiger partial charge >= 0.3 is 5.97 Å². The van der Waals surface area contributed by atoms with Crippen molar-refractivity contribution in [3.05, 3.63) is 48.3 Å². The second-order valence-electron chi connectivity index (χ2n) is 14.0. The number of nitrogens with one attached hydrogen (secondary N) is 1. The summed E-state index contributed by atoms with van der Waals surface area (Å²) < 4.78 is 30.2. The summed E-state index contributed by atoms with van der Waals surface area (Å²) in [5.74, 6) is -2.77. The first-order valence-corrected chi connectivity index (χ1v) is 17.9. The molecule has 0 amide bonds. The minimum absolute atomic E-state index is 0.00840. The Morgan fingerprint density at radius 3 is 2.58 bits per heavy atom. The second-order valence-corrected chi connectivity index (χ2v) is 14.0. The van der Waals surface area contributed by atoms with Crippen molar-refractivity contribution in [1.82, 2.24) is 5.32 Å². The molecule has 50 heavy (non-hydrogen) atoms. The zero-order valence-electron chi connectivity index (χ0n) is 28.7. The Kier molecular flexibility index (Phi) is 11.0. The maximum absolute atomic E-state index is 12.8. The Labute approximate surface area is 291 Å². The van der Waals surface area contributed by atoms with Gasteiger partial charge in [-0.15, -0.1) is 0 Å². The lowest BCUT2D eigenvalue weighted by molar-refractivity contribution is -0.408. The van der Waals surface area contributed by atoms with Crippen LogP contribution >= 0.6 is 0 Å². The lowest BCUT2D eigenvalue weighted by Crippen LogP contribution is -2.85. The van der Waals surface area contributed by atoms with E-state index in [1.54, 1.807) is 37.3 Å². The highest BCUT2D eigenvalue weighted by atomic mass is 16.7. The SMILES string of the molecule is CCCCCCNCCOc1c(OC2OC(CO)C3(O)C4C=CC5(CO)C(O)C=CC4C5C2(O)C3O)c(CCC(=O)OCC)cc2ccoc12. The van der Waals surface area contributed by atoms with Gasteiger partial charge in [0.05, 0.1) is 32.2 Å². The predicted molar refractivity (Wildman–Crippen MR) is 180 cm³/mol. The van der Waals surface area contributed by atoms with Crippen LogP contribution in [0.5, 0.6) is 11.5 Å². The molecular weight excluding hydrogens is 650 g/mol. The zero-order valence-corrected chi connectivity index (χ0v) is 28.7. The highest BCUT2D eigenvalue weighted by Gasteiger charge is 2.78. The molecule has 3 aliphatic carbocycles. The van der Waals surface area contributed by atoms with Crippen molar-refractivity contribution >= 4 is 16.9 Å². The molecule has 7 N–H and O–H groups in total. The largest absolute Gasteiger partial charge is 0.485 e. The molecule has 0 radical (unpaired) electrons. The van der Waals surface area contributed by atoms with Gasteiger partial charge < -0.3 is 59.3 Å². The number of rotatable bonds is 17. The molecule has 1 saturated carbocycles. The summed E-state index contributed by atoms with van der Waals surface area (Å²) in [6.07, 6.45) is 6.12. The average Bonchev–Trinajstić information content (AvgIpc) is 3.58. The van der Waals surface area contributed by atoms with E-state index >= 15 is 0 Å². The number of fused-ring (bicyclic) bond motifs is 4. The van der Waals surface area contributed by atoms with Gasteiger partial charge in [0, 0.05) is 35.6 Å². The molecule has 13 heteroatoms. The van der Waals surface area contributed by atoms with Crippen molar-refractivity contribution in [3.63, 3.8) is 0 Å². The molecule has 2 fully saturated rings. The number of benzene rings is 1. The molecule has 2 heterocycles. The molecule has 4 aliphatic rings. The number of hydrogen-bond donors (Lipinski definition) is 7. The molecule has 2 aromatic rings. The van der Waals surface area contributed by atoms with Crippen LogP contribution in [0.1, 0.15) is 51.5 Å². The molecule has 1 aliphatic heterocycles. The van der Waals surface area contributed by atoms with E-state index in [1.165, 1.54) is 18.8 Å². The van der Waals surface area contributed by atoms with Crippen LogP contribution in [-0.2, 0) is 20.7 Å². The number of aryl methyl sites for hydroxylation is 1. The Morgan fingerprint density at radius 1 is 1.02 bits per heavy atom. The summed E-state index contributed by atoms with van der Waals surface area (Å²) in [4.78, 5) is 12.5. The quantitative estimate of drug-likeness (QED) is 0.0716.